The highest BCUT2D eigenvalue weighted by atomic mass is 16.4. The molecule has 0 radical (unpaired) electrons. The summed E-state index contributed by atoms with van der Waals surface area (Å²) in [5, 5.41) is 16.6. The van der Waals surface area contributed by atoms with Crippen LogP contribution in [0.5, 0.6) is 0 Å². The number of nitrogens with one attached hydrogen (secondary N) is 3. The van der Waals surface area contributed by atoms with Gasteiger partial charge in [-0.2, -0.15) is 0 Å². The van der Waals surface area contributed by atoms with E-state index < -0.39 is 53.8 Å². The average Bonchev–Trinajstić information content (AvgIpc) is 2.81. The van der Waals surface area contributed by atoms with E-state index in [9.17, 15) is 29.1 Å². The Bertz CT molecular complexity index is 865. The summed E-state index contributed by atoms with van der Waals surface area (Å²) in [5.41, 5.74) is 17.4. The molecule has 0 aromatic heterocycles. The van der Waals surface area contributed by atoms with Crippen molar-refractivity contribution < 1.29 is 29.1 Å². The van der Waals surface area contributed by atoms with Gasteiger partial charge in [0.1, 0.15) is 18.1 Å². The topological polar surface area (TPSA) is 220 Å². The summed E-state index contributed by atoms with van der Waals surface area (Å²) in [6.07, 6.45) is 1.26. The number of amides is 4. The third-order valence-corrected chi connectivity index (χ3v) is 5.26. The van der Waals surface area contributed by atoms with E-state index in [4.69, 9.17) is 17.2 Å². The van der Waals surface area contributed by atoms with Crippen molar-refractivity contribution in [3.8, 4) is 0 Å². The van der Waals surface area contributed by atoms with Crippen LogP contribution in [0, 0.1) is 0 Å². The van der Waals surface area contributed by atoms with Gasteiger partial charge < -0.3 is 38.3 Å². The summed E-state index contributed by atoms with van der Waals surface area (Å²) in [7, 11) is 0. The molecule has 10 N–H and O–H groups in total. The SMILES string of the molecule is CC(NC(=O)C(CCC(N)=O)NC(=O)C(N)Cc1ccccc1)C(=O)NC(CCCCN)C(=O)O. The molecule has 35 heavy (non-hydrogen) atoms. The van der Waals surface area contributed by atoms with Gasteiger partial charge in [0.15, 0.2) is 0 Å². The highest BCUT2D eigenvalue weighted by Gasteiger charge is 2.28. The second-order valence-electron chi connectivity index (χ2n) is 8.28. The Labute approximate surface area is 204 Å². The number of aliphatic carboxylic acids is 1. The summed E-state index contributed by atoms with van der Waals surface area (Å²) in [4.78, 5) is 60.5. The van der Waals surface area contributed by atoms with Crippen molar-refractivity contribution in [2.24, 2.45) is 17.2 Å². The van der Waals surface area contributed by atoms with Gasteiger partial charge in [-0.3, -0.25) is 19.2 Å². The van der Waals surface area contributed by atoms with E-state index in [-0.39, 0.29) is 25.7 Å². The molecule has 0 heterocycles. The zero-order valence-corrected chi connectivity index (χ0v) is 19.9. The van der Waals surface area contributed by atoms with Crippen LogP contribution in [0.1, 0.15) is 44.6 Å². The summed E-state index contributed by atoms with van der Waals surface area (Å²) >= 11 is 0. The largest absolute Gasteiger partial charge is 0.480 e. The van der Waals surface area contributed by atoms with E-state index in [1.165, 1.54) is 6.92 Å². The van der Waals surface area contributed by atoms with Crippen LogP contribution in [0.15, 0.2) is 30.3 Å². The first-order chi connectivity index (χ1) is 16.5. The van der Waals surface area contributed by atoms with Crippen molar-refractivity contribution in [1.29, 1.82) is 0 Å². The maximum atomic E-state index is 12.8. The van der Waals surface area contributed by atoms with Crippen LogP contribution in [-0.2, 0) is 30.4 Å². The fraction of sp³-hybridized carbons (Fsp3) is 0.522. The standard InChI is InChI=1S/C23H36N6O6/c1-14(20(31)29-18(23(34)35)9-5-6-12-24)27-22(33)17(10-11-19(26)30)28-21(32)16(25)13-15-7-3-2-4-8-15/h2-4,7-8,14,16-18H,5-6,9-13,24-25H2,1H3,(H2,26,30)(H,27,33)(H,28,32)(H,29,31)(H,34,35). The first-order valence-corrected chi connectivity index (χ1v) is 11.5. The molecule has 0 spiro atoms. The normalized spacial score (nSPS) is 14.1. The number of carboxylic acids is 1. The predicted octanol–water partition coefficient (Wildman–Crippen LogP) is -1.49. The van der Waals surface area contributed by atoms with Gasteiger partial charge in [0, 0.05) is 6.42 Å². The van der Waals surface area contributed by atoms with Gasteiger partial charge >= 0.3 is 5.97 Å². The lowest BCUT2D eigenvalue weighted by Crippen LogP contribution is -2.56. The van der Waals surface area contributed by atoms with Crippen LogP contribution in [0.25, 0.3) is 0 Å². The molecule has 0 saturated carbocycles. The zero-order valence-electron chi connectivity index (χ0n) is 19.9. The third kappa shape index (κ3) is 11.5. The third-order valence-electron chi connectivity index (χ3n) is 5.26. The number of nitrogens with two attached hydrogens (primary N) is 3. The van der Waals surface area contributed by atoms with Gasteiger partial charge in [-0.25, -0.2) is 4.79 Å². The Morgan fingerprint density at radius 1 is 0.886 bits per heavy atom. The molecule has 0 saturated heterocycles. The summed E-state index contributed by atoms with van der Waals surface area (Å²) in [6.45, 7) is 1.78. The molecule has 0 bridgehead atoms. The molecule has 194 valence electrons. The Balaban J connectivity index is 2.76. The van der Waals surface area contributed by atoms with Crippen LogP contribution < -0.4 is 33.2 Å². The number of rotatable bonds is 16. The second-order valence-corrected chi connectivity index (χ2v) is 8.28. The first-order valence-electron chi connectivity index (χ1n) is 11.5. The molecular weight excluding hydrogens is 456 g/mol. The van der Waals surface area contributed by atoms with Crippen molar-refractivity contribution in [2.75, 3.05) is 6.54 Å². The Morgan fingerprint density at radius 2 is 1.51 bits per heavy atom. The number of hydrogen-bond donors (Lipinski definition) is 7. The molecule has 4 atom stereocenters. The average molecular weight is 493 g/mol. The predicted molar refractivity (Wildman–Crippen MR) is 129 cm³/mol. The molecule has 1 rings (SSSR count). The smallest absolute Gasteiger partial charge is 0.326 e. The molecule has 12 nitrogen and oxygen atoms in total. The molecule has 0 aliphatic carbocycles. The molecule has 4 unspecified atom stereocenters. The minimum absolute atomic E-state index is 0.101. The van der Waals surface area contributed by atoms with E-state index >= 15 is 0 Å². The van der Waals surface area contributed by atoms with Gasteiger partial charge in [-0.05, 0) is 51.1 Å². The number of carbonyl (C=O) groups excluding carboxylic acids is 4. The Hall–Kier alpha value is -3.51. The minimum Gasteiger partial charge on any atom is -0.480 e. The van der Waals surface area contributed by atoms with Crippen LogP contribution in [-0.4, -0.2) is 65.4 Å². The lowest BCUT2D eigenvalue weighted by atomic mass is 10.0. The second kappa shape index (κ2) is 15.4. The van der Waals surface area contributed by atoms with E-state index in [2.05, 4.69) is 16.0 Å². The lowest BCUT2D eigenvalue weighted by Gasteiger charge is -2.23. The van der Waals surface area contributed by atoms with Gasteiger partial charge in [0.2, 0.25) is 23.6 Å². The zero-order chi connectivity index (χ0) is 26.4. The fourth-order valence-corrected chi connectivity index (χ4v) is 3.22. The maximum absolute atomic E-state index is 12.8. The Morgan fingerprint density at radius 3 is 2.09 bits per heavy atom. The van der Waals surface area contributed by atoms with E-state index in [1.807, 2.05) is 30.3 Å². The van der Waals surface area contributed by atoms with E-state index in [0.29, 0.717) is 19.4 Å². The molecule has 1 aromatic carbocycles. The maximum Gasteiger partial charge on any atom is 0.326 e. The van der Waals surface area contributed by atoms with Crippen LogP contribution in [0.4, 0.5) is 0 Å². The molecule has 0 aliphatic rings. The number of hydrogen-bond acceptors (Lipinski definition) is 7. The van der Waals surface area contributed by atoms with Crippen molar-refractivity contribution >= 4 is 29.6 Å². The van der Waals surface area contributed by atoms with Gasteiger partial charge in [-0.1, -0.05) is 30.3 Å². The highest BCUT2D eigenvalue weighted by Crippen LogP contribution is 2.05. The molecule has 1 aromatic rings. The van der Waals surface area contributed by atoms with Crippen LogP contribution >= 0.6 is 0 Å². The summed E-state index contributed by atoms with van der Waals surface area (Å²) < 4.78 is 0. The molecule has 12 heteroatoms. The fourth-order valence-electron chi connectivity index (χ4n) is 3.22. The quantitative estimate of drug-likeness (QED) is 0.134. The highest BCUT2D eigenvalue weighted by molar-refractivity contribution is 5.94. The number of benzene rings is 1. The van der Waals surface area contributed by atoms with Gasteiger partial charge in [0.05, 0.1) is 6.04 Å². The molecule has 0 fully saturated rings. The number of carbonyl (C=O) groups is 5. The van der Waals surface area contributed by atoms with Gasteiger partial charge in [-0.15, -0.1) is 0 Å². The molecule has 0 aliphatic heterocycles. The first kappa shape index (κ1) is 29.5. The molecular formula is C23H36N6O6. The van der Waals surface area contributed by atoms with Crippen molar-refractivity contribution in [1.82, 2.24) is 16.0 Å². The minimum atomic E-state index is -1.20. The number of carboxylic acid groups (broad SMARTS) is 1. The van der Waals surface area contributed by atoms with E-state index in [0.717, 1.165) is 5.56 Å². The van der Waals surface area contributed by atoms with Crippen molar-refractivity contribution in [2.45, 2.75) is 69.6 Å². The number of unbranched alkanes of at least 4 members (excludes halogenated alkanes) is 1. The summed E-state index contributed by atoms with van der Waals surface area (Å²) in [5.74, 6) is -3.92. The van der Waals surface area contributed by atoms with Crippen molar-refractivity contribution in [3.63, 3.8) is 0 Å². The van der Waals surface area contributed by atoms with Crippen LogP contribution in [0.2, 0.25) is 0 Å². The monoisotopic (exact) mass is 492 g/mol. The molecule has 4 amide bonds. The Kier molecular flexibility index (Phi) is 13.0. The van der Waals surface area contributed by atoms with Crippen LogP contribution in [0.3, 0.4) is 0 Å². The van der Waals surface area contributed by atoms with Gasteiger partial charge in [0.25, 0.3) is 0 Å². The summed E-state index contributed by atoms with van der Waals surface area (Å²) in [6, 6.07) is 4.70. The van der Waals surface area contributed by atoms with Crippen molar-refractivity contribution in [3.05, 3.63) is 35.9 Å². The lowest BCUT2D eigenvalue weighted by molar-refractivity contribution is -0.142. The number of primary amides is 1. The van der Waals surface area contributed by atoms with E-state index in [1.54, 1.807) is 0 Å².